The van der Waals surface area contributed by atoms with Crippen molar-refractivity contribution >= 4 is 5.78 Å². The van der Waals surface area contributed by atoms with Crippen molar-refractivity contribution in [3.63, 3.8) is 0 Å². The van der Waals surface area contributed by atoms with Gasteiger partial charge in [0.05, 0.1) is 0 Å². The van der Waals surface area contributed by atoms with Gasteiger partial charge in [-0.25, -0.2) is 0 Å². The summed E-state index contributed by atoms with van der Waals surface area (Å²) >= 11 is 0. The van der Waals surface area contributed by atoms with Crippen LogP contribution in [-0.2, 0) is 4.79 Å². The number of fused-ring (bicyclic) bond motifs is 1. The Bertz CT molecular complexity index is 256. The number of ketones is 1. The first-order valence-corrected chi connectivity index (χ1v) is 5.85. The minimum atomic E-state index is 0. The van der Waals surface area contributed by atoms with Crippen LogP contribution in [-0.4, -0.2) is 5.78 Å². The Kier molecular flexibility index (Phi) is 2.50. The van der Waals surface area contributed by atoms with Crippen molar-refractivity contribution < 1.29 is 4.79 Å². The van der Waals surface area contributed by atoms with Crippen LogP contribution in [0, 0.1) is 17.3 Å². The van der Waals surface area contributed by atoms with Gasteiger partial charge in [-0.15, -0.1) is 6.58 Å². The smallest absolute Gasteiger partial charge is 0.136 e. The number of hydrogen-bond acceptors (Lipinski definition) is 1. The maximum absolute atomic E-state index is 11.9. The van der Waals surface area contributed by atoms with Crippen molar-refractivity contribution in [3.8, 4) is 0 Å². The monoisotopic (exact) mass is 192 g/mol. The summed E-state index contributed by atoms with van der Waals surface area (Å²) in [6.07, 6.45) is 9.41. The second kappa shape index (κ2) is 3.52. The summed E-state index contributed by atoms with van der Waals surface area (Å²) in [4.78, 5) is 11.9. The highest BCUT2D eigenvalue weighted by Gasteiger charge is 2.52. The van der Waals surface area contributed by atoms with Gasteiger partial charge in [0.25, 0.3) is 0 Å². The topological polar surface area (TPSA) is 17.1 Å². The summed E-state index contributed by atoms with van der Waals surface area (Å²) in [5.41, 5.74) is 0. The molecule has 0 heterocycles. The Morgan fingerprint density at radius 3 is 2.79 bits per heavy atom. The number of allylic oxidation sites excluding steroid dienone is 1. The third-order valence-corrected chi connectivity index (χ3v) is 4.55. The third kappa shape index (κ3) is 1.18. The molecule has 78 valence electrons. The van der Waals surface area contributed by atoms with Crippen molar-refractivity contribution in [1.82, 2.24) is 0 Å². The number of hydrogen-bond donors (Lipinski definition) is 0. The summed E-state index contributed by atoms with van der Waals surface area (Å²) in [5.74, 6) is 1.55. The van der Waals surface area contributed by atoms with Crippen LogP contribution < -0.4 is 0 Å². The van der Waals surface area contributed by atoms with Gasteiger partial charge in [0.2, 0.25) is 0 Å². The molecule has 2 aliphatic rings. The lowest BCUT2D eigenvalue weighted by atomic mass is 9.62. The van der Waals surface area contributed by atoms with Crippen LogP contribution in [0.3, 0.4) is 0 Å². The molecule has 0 spiro atoms. The molecule has 0 aromatic rings. The van der Waals surface area contributed by atoms with E-state index in [1.54, 1.807) is 6.92 Å². The van der Waals surface area contributed by atoms with Crippen molar-refractivity contribution in [2.75, 3.05) is 0 Å². The quantitative estimate of drug-likeness (QED) is 0.613. The molecular weight excluding hydrogens is 172 g/mol. The second-order valence-electron chi connectivity index (χ2n) is 4.96. The molecule has 0 bridgehead atoms. The lowest BCUT2D eigenvalue weighted by Gasteiger charge is -2.40. The average Bonchev–Trinajstić information content (AvgIpc) is 2.57. The van der Waals surface area contributed by atoms with E-state index in [2.05, 4.69) is 6.58 Å². The number of carbonyl (C=O) groups excluding carboxylic acids is 1. The van der Waals surface area contributed by atoms with Gasteiger partial charge >= 0.3 is 0 Å². The average molecular weight is 192 g/mol. The number of rotatable bonds is 2. The van der Waals surface area contributed by atoms with Gasteiger partial charge in [-0.2, -0.15) is 0 Å². The molecule has 1 heteroatoms. The fourth-order valence-corrected chi connectivity index (χ4v) is 3.85. The third-order valence-electron chi connectivity index (χ3n) is 4.55. The number of Topliss-reactive ketones (excluding diaryl/α,β-unsaturated/α-hetero) is 1. The predicted octanol–water partition coefficient (Wildman–Crippen LogP) is 3.35. The molecule has 2 rings (SSSR count). The Morgan fingerprint density at radius 1 is 1.36 bits per heavy atom. The second-order valence-corrected chi connectivity index (χ2v) is 4.96. The van der Waals surface area contributed by atoms with Crippen molar-refractivity contribution in [1.29, 1.82) is 0 Å². The van der Waals surface area contributed by atoms with Crippen LogP contribution in [0.2, 0.25) is 0 Å². The van der Waals surface area contributed by atoms with E-state index in [1.807, 2.05) is 6.08 Å². The van der Waals surface area contributed by atoms with Gasteiger partial charge in [0, 0.05) is 5.41 Å². The van der Waals surface area contributed by atoms with Gasteiger partial charge in [0.1, 0.15) is 5.78 Å². The highest BCUT2D eigenvalue weighted by molar-refractivity contribution is 5.84. The normalized spacial score (nSPS) is 41.8. The molecule has 2 aliphatic carbocycles. The van der Waals surface area contributed by atoms with E-state index in [4.69, 9.17) is 0 Å². The fraction of sp³-hybridized carbons (Fsp3) is 0.769. The molecule has 0 radical (unpaired) electrons. The van der Waals surface area contributed by atoms with Crippen molar-refractivity contribution in [2.45, 2.75) is 45.4 Å². The SMILES string of the molecule is C=CC1CC[C@H]2CCCC[C@@]12C(C)=O. The Labute approximate surface area is 86.6 Å². The largest absolute Gasteiger partial charge is 0.299 e. The lowest BCUT2D eigenvalue weighted by Crippen LogP contribution is -2.40. The highest BCUT2D eigenvalue weighted by atomic mass is 16.1. The van der Waals surface area contributed by atoms with E-state index in [0.29, 0.717) is 17.6 Å². The first-order valence-electron chi connectivity index (χ1n) is 5.85. The summed E-state index contributed by atoms with van der Waals surface area (Å²) in [5, 5.41) is 0. The van der Waals surface area contributed by atoms with E-state index >= 15 is 0 Å². The molecule has 3 atom stereocenters. The van der Waals surface area contributed by atoms with Gasteiger partial charge in [-0.05, 0) is 44.4 Å². The van der Waals surface area contributed by atoms with Crippen LogP contribution in [0.25, 0.3) is 0 Å². The predicted molar refractivity (Wildman–Crippen MR) is 58.0 cm³/mol. The first-order chi connectivity index (χ1) is 6.71. The maximum Gasteiger partial charge on any atom is 0.136 e. The maximum atomic E-state index is 11.9. The molecule has 0 aromatic heterocycles. The van der Waals surface area contributed by atoms with Gasteiger partial charge < -0.3 is 0 Å². The van der Waals surface area contributed by atoms with E-state index in [1.165, 1.54) is 32.1 Å². The molecule has 0 aromatic carbocycles. The summed E-state index contributed by atoms with van der Waals surface area (Å²) in [7, 11) is 0. The zero-order chi connectivity index (χ0) is 10.2. The van der Waals surface area contributed by atoms with Crippen LogP contribution in [0.5, 0.6) is 0 Å². The van der Waals surface area contributed by atoms with Gasteiger partial charge in [-0.3, -0.25) is 4.79 Å². The van der Waals surface area contributed by atoms with Crippen molar-refractivity contribution in [3.05, 3.63) is 12.7 Å². The Morgan fingerprint density at radius 2 is 2.14 bits per heavy atom. The minimum absolute atomic E-state index is 0. The molecular formula is C13H20O. The van der Waals surface area contributed by atoms with Crippen LogP contribution in [0.4, 0.5) is 0 Å². The van der Waals surface area contributed by atoms with E-state index < -0.39 is 0 Å². The van der Waals surface area contributed by atoms with Gasteiger partial charge in [-0.1, -0.05) is 18.9 Å². The van der Waals surface area contributed by atoms with E-state index in [0.717, 1.165) is 6.42 Å². The Hall–Kier alpha value is -0.590. The summed E-state index contributed by atoms with van der Waals surface area (Å²) in [6.45, 7) is 5.70. The zero-order valence-corrected chi connectivity index (χ0v) is 9.09. The molecule has 1 unspecified atom stereocenters. The summed E-state index contributed by atoms with van der Waals surface area (Å²) < 4.78 is 0. The number of carbonyl (C=O) groups is 1. The van der Waals surface area contributed by atoms with Gasteiger partial charge in [0.15, 0.2) is 0 Å². The Balaban J connectivity index is 2.34. The minimum Gasteiger partial charge on any atom is -0.299 e. The molecule has 0 N–H and O–H groups in total. The zero-order valence-electron chi connectivity index (χ0n) is 9.09. The van der Waals surface area contributed by atoms with Crippen LogP contribution in [0.15, 0.2) is 12.7 Å². The molecule has 14 heavy (non-hydrogen) atoms. The molecule has 0 saturated heterocycles. The van der Waals surface area contributed by atoms with Crippen molar-refractivity contribution in [2.24, 2.45) is 17.3 Å². The molecule has 2 saturated carbocycles. The van der Waals surface area contributed by atoms with E-state index in [9.17, 15) is 4.79 Å². The molecule has 0 aliphatic heterocycles. The molecule has 2 fully saturated rings. The standard InChI is InChI=1S/C13H20O/c1-3-11-7-8-12-6-4-5-9-13(11,12)10(2)14/h3,11-12H,1,4-9H2,2H3/t11?,12-,13-/m1/s1. The van der Waals surface area contributed by atoms with Crippen LogP contribution in [0.1, 0.15) is 45.4 Å². The van der Waals surface area contributed by atoms with E-state index in [-0.39, 0.29) is 5.41 Å². The molecule has 0 amide bonds. The summed E-state index contributed by atoms with van der Waals surface area (Å²) in [6, 6.07) is 0. The highest BCUT2D eigenvalue weighted by Crippen LogP contribution is 2.56. The van der Waals surface area contributed by atoms with Crippen LogP contribution >= 0.6 is 0 Å². The molecule has 1 nitrogen and oxygen atoms in total. The lowest BCUT2D eigenvalue weighted by molar-refractivity contribution is -0.132. The first kappa shape index (κ1) is 9.95. The fourth-order valence-electron chi connectivity index (χ4n) is 3.85.